The Morgan fingerprint density at radius 2 is 2.25 bits per heavy atom. The lowest BCUT2D eigenvalue weighted by atomic mass is 10.3. The Morgan fingerprint density at radius 1 is 1.35 bits per heavy atom. The van der Waals surface area contributed by atoms with Gasteiger partial charge in [0.25, 0.3) is 0 Å². The van der Waals surface area contributed by atoms with E-state index in [1.54, 1.807) is 12.3 Å². The first kappa shape index (κ1) is 12.6. The number of tetrazole rings is 1. The molecule has 0 saturated heterocycles. The van der Waals surface area contributed by atoms with Crippen LogP contribution in [-0.4, -0.2) is 20.2 Å². The first-order valence-electron chi connectivity index (χ1n) is 5.74. The first-order valence-corrected chi connectivity index (χ1v) is 6.12. The molecule has 0 aliphatic carbocycles. The highest BCUT2D eigenvalue weighted by Gasteiger charge is 2.10. The van der Waals surface area contributed by atoms with E-state index in [9.17, 15) is 4.39 Å². The monoisotopic (exact) mass is 293 g/mol. The van der Waals surface area contributed by atoms with Gasteiger partial charge in [0.2, 0.25) is 5.95 Å². The van der Waals surface area contributed by atoms with Crippen LogP contribution in [0.3, 0.4) is 0 Å². The number of nitrogens with zero attached hydrogens (tertiary/aromatic N) is 4. The molecule has 0 aliphatic rings. The number of rotatable bonds is 4. The fraction of sp³-hybridized carbons (Fsp3) is 0.0833. The van der Waals surface area contributed by atoms with Gasteiger partial charge in [0, 0.05) is 0 Å². The molecule has 0 bridgehead atoms. The minimum Gasteiger partial charge on any atom is -0.467 e. The van der Waals surface area contributed by atoms with Crippen molar-refractivity contribution in [3.63, 3.8) is 0 Å². The molecule has 2 aromatic heterocycles. The number of anilines is 1. The fourth-order valence-corrected chi connectivity index (χ4v) is 1.84. The van der Waals surface area contributed by atoms with Crippen molar-refractivity contribution in [2.45, 2.75) is 6.54 Å². The largest absolute Gasteiger partial charge is 0.467 e. The summed E-state index contributed by atoms with van der Waals surface area (Å²) >= 11 is 5.75. The molecule has 6 nitrogen and oxygen atoms in total. The fourth-order valence-electron chi connectivity index (χ4n) is 1.67. The summed E-state index contributed by atoms with van der Waals surface area (Å²) in [4.78, 5) is 0. The predicted octanol–water partition coefficient (Wildman–Crippen LogP) is 2.66. The molecule has 0 spiro atoms. The van der Waals surface area contributed by atoms with Crippen LogP contribution in [0.25, 0.3) is 5.69 Å². The van der Waals surface area contributed by atoms with Gasteiger partial charge in [0.05, 0.1) is 23.5 Å². The van der Waals surface area contributed by atoms with Crippen LogP contribution in [0.15, 0.2) is 41.0 Å². The summed E-state index contributed by atoms with van der Waals surface area (Å²) in [5, 5.41) is 14.3. The van der Waals surface area contributed by atoms with Gasteiger partial charge in [-0.3, -0.25) is 0 Å². The molecule has 2 heterocycles. The number of benzene rings is 1. The average molecular weight is 294 g/mol. The Balaban J connectivity index is 1.84. The second-order valence-electron chi connectivity index (χ2n) is 3.95. The normalized spacial score (nSPS) is 10.7. The van der Waals surface area contributed by atoms with E-state index in [0.717, 1.165) is 5.76 Å². The number of hydrogen-bond acceptors (Lipinski definition) is 5. The SMILES string of the molecule is Fc1ccc(-n2nnnc2NCc2ccco2)cc1Cl. The molecular weight excluding hydrogens is 285 g/mol. The number of furan rings is 1. The summed E-state index contributed by atoms with van der Waals surface area (Å²) in [6.07, 6.45) is 1.58. The summed E-state index contributed by atoms with van der Waals surface area (Å²) in [7, 11) is 0. The van der Waals surface area contributed by atoms with Crippen molar-refractivity contribution >= 4 is 17.5 Å². The third kappa shape index (κ3) is 2.48. The molecule has 0 fully saturated rings. The van der Waals surface area contributed by atoms with Crippen LogP contribution in [0, 0.1) is 5.82 Å². The van der Waals surface area contributed by atoms with Gasteiger partial charge in [-0.05, 0) is 40.8 Å². The zero-order valence-corrected chi connectivity index (χ0v) is 10.9. The van der Waals surface area contributed by atoms with E-state index in [-0.39, 0.29) is 5.02 Å². The smallest absolute Gasteiger partial charge is 0.248 e. The second-order valence-corrected chi connectivity index (χ2v) is 4.35. The Kier molecular flexibility index (Phi) is 3.34. The third-order valence-corrected chi connectivity index (χ3v) is 2.91. The summed E-state index contributed by atoms with van der Waals surface area (Å²) in [5.74, 6) is 0.661. The molecule has 20 heavy (non-hydrogen) atoms. The van der Waals surface area contributed by atoms with Crippen LogP contribution < -0.4 is 5.32 Å². The standard InChI is InChI=1S/C12H9ClFN5O/c13-10-6-8(3-4-11(10)14)19-12(16-17-18-19)15-7-9-2-1-5-20-9/h1-6H,7H2,(H,15,16,18). The minimum atomic E-state index is -0.492. The summed E-state index contributed by atoms with van der Waals surface area (Å²) in [5.41, 5.74) is 0.559. The van der Waals surface area contributed by atoms with Gasteiger partial charge in [-0.2, -0.15) is 4.68 Å². The highest BCUT2D eigenvalue weighted by Crippen LogP contribution is 2.20. The molecule has 0 unspecified atom stereocenters. The minimum absolute atomic E-state index is 0.00924. The molecule has 8 heteroatoms. The van der Waals surface area contributed by atoms with E-state index in [0.29, 0.717) is 18.2 Å². The third-order valence-electron chi connectivity index (χ3n) is 2.62. The summed E-state index contributed by atoms with van der Waals surface area (Å²) in [6, 6.07) is 7.87. The van der Waals surface area contributed by atoms with Crippen molar-refractivity contribution in [3.05, 3.63) is 53.2 Å². The maximum atomic E-state index is 13.2. The van der Waals surface area contributed by atoms with E-state index in [1.165, 1.54) is 22.9 Å². The molecule has 3 aromatic rings. The zero-order valence-electron chi connectivity index (χ0n) is 10.1. The van der Waals surface area contributed by atoms with E-state index >= 15 is 0 Å². The molecule has 0 radical (unpaired) electrons. The first-order chi connectivity index (χ1) is 9.74. The highest BCUT2D eigenvalue weighted by atomic mass is 35.5. The van der Waals surface area contributed by atoms with Gasteiger partial charge in [0.1, 0.15) is 11.6 Å². The molecule has 102 valence electrons. The lowest BCUT2D eigenvalue weighted by Crippen LogP contribution is -2.07. The topological polar surface area (TPSA) is 68.8 Å². The molecule has 0 atom stereocenters. The van der Waals surface area contributed by atoms with Crippen molar-refractivity contribution in [1.82, 2.24) is 20.2 Å². The number of nitrogens with one attached hydrogen (secondary N) is 1. The van der Waals surface area contributed by atoms with Crippen molar-refractivity contribution in [2.75, 3.05) is 5.32 Å². The lowest BCUT2D eigenvalue weighted by molar-refractivity contribution is 0.517. The summed E-state index contributed by atoms with van der Waals surface area (Å²) < 4.78 is 19.8. The van der Waals surface area contributed by atoms with E-state index in [4.69, 9.17) is 16.0 Å². The average Bonchev–Trinajstić information content (AvgIpc) is 3.10. The van der Waals surface area contributed by atoms with Crippen LogP contribution in [0.5, 0.6) is 0 Å². The van der Waals surface area contributed by atoms with Crippen molar-refractivity contribution < 1.29 is 8.81 Å². The van der Waals surface area contributed by atoms with Crippen LogP contribution >= 0.6 is 11.6 Å². The van der Waals surface area contributed by atoms with Gasteiger partial charge in [-0.1, -0.05) is 16.7 Å². The number of aromatic nitrogens is 4. The quantitative estimate of drug-likeness (QED) is 0.801. The van der Waals surface area contributed by atoms with E-state index in [1.807, 2.05) is 6.07 Å². The Bertz CT molecular complexity index is 712. The molecular formula is C12H9ClFN5O. The van der Waals surface area contributed by atoms with E-state index < -0.39 is 5.82 Å². The maximum absolute atomic E-state index is 13.2. The van der Waals surface area contributed by atoms with Gasteiger partial charge < -0.3 is 9.73 Å². The molecule has 0 saturated carbocycles. The van der Waals surface area contributed by atoms with E-state index in [2.05, 4.69) is 20.8 Å². The molecule has 1 aromatic carbocycles. The predicted molar refractivity (Wildman–Crippen MR) is 70.2 cm³/mol. The van der Waals surface area contributed by atoms with Crippen LogP contribution in [-0.2, 0) is 6.54 Å². The van der Waals surface area contributed by atoms with Gasteiger partial charge in [0.15, 0.2) is 0 Å². The number of halogens is 2. The highest BCUT2D eigenvalue weighted by molar-refractivity contribution is 6.30. The zero-order chi connectivity index (χ0) is 13.9. The number of hydrogen-bond donors (Lipinski definition) is 1. The van der Waals surface area contributed by atoms with Crippen LogP contribution in [0.2, 0.25) is 5.02 Å². The lowest BCUT2D eigenvalue weighted by Gasteiger charge is -2.06. The molecule has 1 N–H and O–H groups in total. The maximum Gasteiger partial charge on any atom is 0.248 e. The van der Waals surface area contributed by atoms with Crippen molar-refractivity contribution in [3.8, 4) is 5.69 Å². The van der Waals surface area contributed by atoms with Gasteiger partial charge >= 0.3 is 0 Å². The Hall–Kier alpha value is -2.41. The Morgan fingerprint density at radius 3 is 3.00 bits per heavy atom. The van der Waals surface area contributed by atoms with Crippen LogP contribution in [0.4, 0.5) is 10.3 Å². The van der Waals surface area contributed by atoms with Gasteiger partial charge in [-0.15, -0.1) is 0 Å². The van der Waals surface area contributed by atoms with Crippen molar-refractivity contribution in [2.24, 2.45) is 0 Å². The molecule has 0 amide bonds. The van der Waals surface area contributed by atoms with Gasteiger partial charge in [-0.25, -0.2) is 4.39 Å². The Labute approximate surface area is 118 Å². The van der Waals surface area contributed by atoms with Crippen LogP contribution in [0.1, 0.15) is 5.76 Å². The van der Waals surface area contributed by atoms with Crippen molar-refractivity contribution in [1.29, 1.82) is 0 Å². The molecule has 0 aliphatic heterocycles. The molecule has 3 rings (SSSR count). The second kappa shape index (κ2) is 5.30. The summed E-state index contributed by atoms with van der Waals surface area (Å²) in [6.45, 7) is 0.433.